The zero-order valence-corrected chi connectivity index (χ0v) is 11.5. The van der Waals surface area contributed by atoms with Crippen molar-refractivity contribution in [3.05, 3.63) is 23.3 Å². The van der Waals surface area contributed by atoms with E-state index in [1.807, 2.05) is 13.1 Å². The molecule has 0 aromatic carbocycles. The lowest BCUT2D eigenvalue weighted by molar-refractivity contribution is -0.130. The molecule has 1 aliphatic carbocycles. The number of amides is 1. The first-order valence-electron chi connectivity index (χ1n) is 5.62. The van der Waals surface area contributed by atoms with Gasteiger partial charge in [0.25, 0.3) is 0 Å². The third-order valence-electron chi connectivity index (χ3n) is 3.04. The van der Waals surface area contributed by atoms with E-state index in [-0.39, 0.29) is 11.2 Å². The fourth-order valence-corrected chi connectivity index (χ4v) is 2.11. The minimum atomic E-state index is -0.436. The van der Waals surface area contributed by atoms with Crippen LogP contribution in [0.1, 0.15) is 19.3 Å². The molecule has 0 fully saturated rings. The maximum atomic E-state index is 11.7. The van der Waals surface area contributed by atoms with Crippen LogP contribution >= 0.6 is 23.2 Å². The molecular formula is C12H18Cl2N2O. The maximum Gasteiger partial charge on any atom is 0.243 e. The predicted octanol–water partition coefficient (Wildman–Crippen LogP) is 2.24. The molecule has 1 atom stereocenters. The molecule has 0 saturated heterocycles. The first-order valence-corrected chi connectivity index (χ1v) is 6.69. The molecule has 0 radical (unpaired) electrons. The number of nitrogens with zero attached hydrogens (tertiary/aromatic N) is 1. The summed E-state index contributed by atoms with van der Waals surface area (Å²) in [5.41, 5.74) is 8.36. The van der Waals surface area contributed by atoms with Crippen LogP contribution in [0.2, 0.25) is 0 Å². The standard InChI is InChI=1S/C11H16N2O.CH2Cl2/c1-13-7-6-8-4-2-3-5-9(8)10(12)11(13)14;2-1-3/h3,5,10H,2,4,6-7,12H2,1H3;1H2. The highest BCUT2D eigenvalue weighted by Crippen LogP contribution is 2.26. The second kappa shape index (κ2) is 7.04. The second-order valence-electron chi connectivity index (χ2n) is 4.09. The first-order chi connectivity index (χ1) is 8.11. The third-order valence-corrected chi connectivity index (χ3v) is 3.04. The number of nitrogens with two attached hydrogens (primary N) is 1. The zero-order valence-electron chi connectivity index (χ0n) is 9.96. The molecule has 1 amide bonds. The number of rotatable bonds is 0. The summed E-state index contributed by atoms with van der Waals surface area (Å²) >= 11 is 9.53. The lowest BCUT2D eigenvalue weighted by Gasteiger charge is -2.18. The SMILES string of the molecule is CN1CCC2=C(C=CCC2)C(N)C1=O.ClCCl. The molecule has 0 aromatic rings. The van der Waals surface area contributed by atoms with Gasteiger partial charge in [0.1, 0.15) is 6.04 Å². The number of hydrogen-bond donors (Lipinski definition) is 1. The van der Waals surface area contributed by atoms with Crippen LogP contribution in [0.25, 0.3) is 0 Å². The fraction of sp³-hybridized carbons (Fsp3) is 0.583. The number of hydrogen-bond acceptors (Lipinski definition) is 2. The second-order valence-corrected chi connectivity index (χ2v) is 4.90. The van der Waals surface area contributed by atoms with Gasteiger partial charge >= 0.3 is 0 Å². The van der Waals surface area contributed by atoms with Gasteiger partial charge in [-0.2, -0.15) is 0 Å². The smallest absolute Gasteiger partial charge is 0.243 e. The Labute approximate surface area is 112 Å². The lowest BCUT2D eigenvalue weighted by Crippen LogP contribution is -2.41. The molecular weight excluding hydrogens is 259 g/mol. The van der Waals surface area contributed by atoms with Crippen molar-refractivity contribution < 1.29 is 4.79 Å². The molecule has 1 heterocycles. The molecule has 96 valence electrons. The number of likely N-dealkylation sites (N-methyl/N-ethyl adjacent to an activating group) is 1. The van der Waals surface area contributed by atoms with Gasteiger partial charge in [-0.15, -0.1) is 23.2 Å². The van der Waals surface area contributed by atoms with Gasteiger partial charge in [0.15, 0.2) is 0 Å². The highest BCUT2D eigenvalue weighted by molar-refractivity contribution is 6.40. The van der Waals surface area contributed by atoms with E-state index in [9.17, 15) is 4.79 Å². The number of alkyl halides is 2. The van der Waals surface area contributed by atoms with Crippen LogP contribution in [-0.4, -0.2) is 35.8 Å². The van der Waals surface area contributed by atoms with Crippen LogP contribution in [0.3, 0.4) is 0 Å². The van der Waals surface area contributed by atoms with E-state index in [0.717, 1.165) is 31.4 Å². The average molecular weight is 277 g/mol. The van der Waals surface area contributed by atoms with E-state index in [1.54, 1.807) is 4.90 Å². The lowest BCUT2D eigenvalue weighted by atomic mass is 9.92. The van der Waals surface area contributed by atoms with Gasteiger partial charge in [0, 0.05) is 13.6 Å². The van der Waals surface area contributed by atoms with Crippen molar-refractivity contribution in [2.24, 2.45) is 5.73 Å². The predicted molar refractivity (Wildman–Crippen MR) is 72.2 cm³/mol. The summed E-state index contributed by atoms with van der Waals surface area (Å²) in [6, 6.07) is -0.436. The molecule has 2 aliphatic rings. The summed E-state index contributed by atoms with van der Waals surface area (Å²) in [4.78, 5) is 13.5. The molecule has 0 spiro atoms. The van der Waals surface area contributed by atoms with Gasteiger partial charge < -0.3 is 10.6 Å². The fourth-order valence-electron chi connectivity index (χ4n) is 2.11. The zero-order chi connectivity index (χ0) is 12.8. The number of halogens is 2. The van der Waals surface area contributed by atoms with Crippen molar-refractivity contribution in [1.82, 2.24) is 4.90 Å². The van der Waals surface area contributed by atoms with Crippen molar-refractivity contribution in [1.29, 1.82) is 0 Å². The highest BCUT2D eigenvalue weighted by atomic mass is 35.5. The molecule has 2 rings (SSSR count). The minimum Gasteiger partial charge on any atom is -0.344 e. The average Bonchev–Trinajstić information content (AvgIpc) is 2.44. The minimum absolute atomic E-state index is 0.0431. The van der Waals surface area contributed by atoms with Crippen LogP contribution < -0.4 is 5.73 Å². The Bertz CT molecular complexity index is 339. The van der Waals surface area contributed by atoms with Crippen LogP contribution in [0, 0.1) is 0 Å². The van der Waals surface area contributed by atoms with Gasteiger partial charge in [-0.05, 0) is 24.8 Å². The Morgan fingerprint density at radius 2 is 2.12 bits per heavy atom. The highest BCUT2D eigenvalue weighted by Gasteiger charge is 2.27. The van der Waals surface area contributed by atoms with E-state index in [4.69, 9.17) is 28.9 Å². The normalized spacial score (nSPS) is 23.9. The molecule has 0 saturated carbocycles. The van der Waals surface area contributed by atoms with E-state index < -0.39 is 6.04 Å². The monoisotopic (exact) mass is 276 g/mol. The molecule has 17 heavy (non-hydrogen) atoms. The summed E-state index contributed by atoms with van der Waals surface area (Å²) in [6.07, 6.45) is 7.28. The van der Waals surface area contributed by atoms with Gasteiger partial charge in [0.05, 0.1) is 5.34 Å². The van der Waals surface area contributed by atoms with E-state index in [1.165, 1.54) is 5.57 Å². The van der Waals surface area contributed by atoms with E-state index in [0.29, 0.717) is 0 Å². The summed E-state index contributed by atoms with van der Waals surface area (Å²) in [5.74, 6) is 0.0431. The number of carbonyl (C=O) groups excluding carboxylic acids is 1. The Balaban J connectivity index is 0.000000437. The van der Waals surface area contributed by atoms with Crippen LogP contribution in [0.15, 0.2) is 23.3 Å². The van der Waals surface area contributed by atoms with Gasteiger partial charge in [-0.25, -0.2) is 0 Å². The van der Waals surface area contributed by atoms with Crippen molar-refractivity contribution in [3.8, 4) is 0 Å². The summed E-state index contributed by atoms with van der Waals surface area (Å²) < 4.78 is 0. The van der Waals surface area contributed by atoms with Crippen molar-refractivity contribution >= 4 is 29.1 Å². The third kappa shape index (κ3) is 3.73. The Morgan fingerprint density at radius 1 is 1.47 bits per heavy atom. The molecule has 3 nitrogen and oxygen atoms in total. The van der Waals surface area contributed by atoms with Crippen LogP contribution in [0.4, 0.5) is 0 Å². The number of carbonyl (C=O) groups is 1. The van der Waals surface area contributed by atoms with Crippen molar-refractivity contribution in [2.75, 3.05) is 18.9 Å². The first kappa shape index (κ1) is 14.6. The summed E-state index contributed by atoms with van der Waals surface area (Å²) in [7, 11) is 1.82. The molecule has 5 heteroatoms. The molecule has 0 bridgehead atoms. The Morgan fingerprint density at radius 3 is 2.76 bits per heavy atom. The quantitative estimate of drug-likeness (QED) is 0.690. The van der Waals surface area contributed by atoms with Crippen LogP contribution in [-0.2, 0) is 4.79 Å². The van der Waals surface area contributed by atoms with E-state index >= 15 is 0 Å². The van der Waals surface area contributed by atoms with E-state index in [2.05, 4.69) is 6.08 Å². The summed E-state index contributed by atoms with van der Waals surface area (Å²) in [5, 5.41) is 0.194. The molecule has 1 unspecified atom stereocenters. The Hall–Kier alpha value is -0.510. The summed E-state index contributed by atoms with van der Waals surface area (Å²) in [6.45, 7) is 0.805. The Kier molecular flexibility index (Phi) is 6.03. The molecule has 2 N–H and O–H groups in total. The number of allylic oxidation sites excluding steroid dienone is 1. The molecule has 1 aliphatic heterocycles. The maximum absolute atomic E-state index is 11.7. The molecule has 0 aromatic heterocycles. The van der Waals surface area contributed by atoms with Crippen molar-refractivity contribution in [3.63, 3.8) is 0 Å². The largest absolute Gasteiger partial charge is 0.344 e. The van der Waals surface area contributed by atoms with Crippen LogP contribution in [0.5, 0.6) is 0 Å². The topological polar surface area (TPSA) is 46.3 Å². The van der Waals surface area contributed by atoms with Gasteiger partial charge in [0.2, 0.25) is 5.91 Å². The van der Waals surface area contributed by atoms with Gasteiger partial charge in [-0.3, -0.25) is 4.79 Å². The van der Waals surface area contributed by atoms with Crippen molar-refractivity contribution in [2.45, 2.75) is 25.3 Å². The van der Waals surface area contributed by atoms with Gasteiger partial charge in [-0.1, -0.05) is 17.7 Å².